The zero-order valence-electron chi connectivity index (χ0n) is 13.9. The Morgan fingerprint density at radius 1 is 1.33 bits per heavy atom. The fourth-order valence-corrected chi connectivity index (χ4v) is 4.33. The Kier molecular flexibility index (Phi) is 4.22. The van der Waals surface area contributed by atoms with Gasteiger partial charge in [-0.25, -0.2) is 4.98 Å². The van der Waals surface area contributed by atoms with Gasteiger partial charge in [0.25, 0.3) is 0 Å². The molecule has 1 unspecified atom stereocenters. The molecule has 0 spiro atoms. The van der Waals surface area contributed by atoms with Gasteiger partial charge in [0, 0.05) is 44.2 Å². The van der Waals surface area contributed by atoms with Crippen molar-refractivity contribution in [2.75, 3.05) is 24.5 Å². The number of fused-ring (bicyclic) bond motifs is 1. The molecule has 2 aromatic heterocycles. The largest absolute Gasteiger partial charge is 0.347 e. The molecule has 1 fully saturated rings. The van der Waals surface area contributed by atoms with E-state index in [4.69, 9.17) is 0 Å². The van der Waals surface area contributed by atoms with Crippen LogP contribution in [0.2, 0.25) is 0 Å². The van der Waals surface area contributed by atoms with E-state index in [1.54, 1.807) is 11.3 Å². The predicted octanol–water partition coefficient (Wildman–Crippen LogP) is 1.56. The van der Waals surface area contributed by atoms with Crippen LogP contribution in [0.4, 0.5) is 5.13 Å². The number of carbonyl (C=O) groups is 1. The smallest absolute Gasteiger partial charge is 0.227 e. The number of anilines is 1. The molecule has 0 aromatic carbocycles. The maximum atomic E-state index is 13.0. The quantitative estimate of drug-likeness (QED) is 0.844. The third kappa shape index (κ3) is 2.79. The summed E-state index contributed by atoms with van der Waals surface area (Å²) in [6.45, 7) is 6.00. The summed E-state index contributed by atoms with van der Waals surface area (Å²) in [5.74, 6) is 2.25. The van der Waals surface area contributed by atoms with Crippen molar-refractivity contribution in [1.82, 2.24) is 24.6 Å². The number of rotatable bonds is 3. The van der Waals surface area contributed by atoms with E-state index < -0.39 is 0 Å². The summed E-state index contributed by atoms with van der Waals surface area (Å²) < 4.78 is 2.16. The molecule has 1 amide bonds. The first-order valence-corrected chi connectivity index (χ1v) is 9.48. The molecule has 2 aliphatic heterocycles. The van der Waals surface area contributed by atoms with E-state index in [1.807, 2.05) is 16.5 Å². The third-order valence-corrected chi connectivity index (χ3v) is 5.75. The number of aryl methyl sites for hydroxylation is 1. The van der Waals surface area contributed by atoms with Gasteiger partial charge in [0.1, 0.15) is 5.82 Å². The molecule has 1 saturated heterocycles. The monoisotopic (exact) mass is 346 g/mol. The van der Waals surface area contributed by atoms with Crippen molar-refractivity contribution in [3.05, 3.63) is 23.2 Å². The summed E-state index contributed by atoms with van der Waals surface area (Å²) >= 11 is 1.64. The summed E-state index contributed by atoms with van der Waals surface area (Å²) in [4.78, 5) is 21.6. The van der Waals surface area contributed by atoms with E-state index in [-0.39, 0.29) is 11.8 Å². The van der Waals surface area contributed by atoms with Gasteiger partial charge in [0.15, 0.2) is 11.0 Å². The van der Waals surface area contributed by atoms with E-state index in [2.05, 4.69) is 31.6 Å². The van der Waals surface area contributed by atoms with Gasteiger partial charge in [-0.2, -0.15) is 0 Å². The number of thiazole rings is 1. The minimum Gasteiger partial charge on any atom is -0.347 e. The summed E-state index contributed by atoms with van der Waals surface area (Å²) in [5.41, 5.74) is 0. The van der Waals surface area contributed by atoms with Crippen LogP contribution in [-0.4, -0.2) is 50.2 Å². The SMILES string of the molecule is CCc1nnc2n1CCN(C(=O)C1CCCN(c3nccs3)C1)C2. The minimum atomic E-state index is 0.0581. The molecule has 8 heteroatoms. The van der Waals surface area contributed by atoms with Gasteiger partial charge in [0.05, 0.1) is 12.5 Å². The van der Waals surface area contributed by atoms with Crippen LogP contribution in [0.3, 0.4) is 0 Å². The Labute approximate surface area is 145 Å². The van der Waals surface area contributed by atoms with Crippen LogP contribution in [-0.2, 0) is 24.3 Å². The average molecular weight is 346 g/mol. The average Bonchev–Trinajstić information content (AvgIpc) is 3.30. The lowest BCUT2D eigenvalue weighted by molar-refractivity contribution is -0.137. The number of carbonyl (C=O) groups excluding carboxylic acids is 1. The molecule has 4 rings (SSSR count). The Hall–Kier alpha value is -1.96. The van der Waals surface area contributed by atoms with E-state index in [9.17, 15) is 4.79 Å². The van der Waals surface area contributed by atoms with Crippen LogP contribution in [0.5, 0.6) is 0 Å². The van der Waals surface area contributed by atoms with Crippen molar-refractivity contribution in [3.8, 4) is 0 Å². The highest BCUT2D eigenvalue weighted by molar-refractivity contribution is 7.13. The van der Waals surface area contributed by atoms with E-state index in [0.29, 0.717) is 6.54 Å². The number of piperidine rings is 1. The molecule has 2 aromatic rings. The molecule has 128 valence electrons. The van der Waals surface area contributed by atoms with Crippen molar-refractivity contribution < 1.29 is 4.79 Å². The Balaban J connectivity index is 1.44. The molecule has 0 aliphatic carbocycles. The van der Waals surface area contributed by atoms with Crippen LogP contribution in [0, 0.1) is 5.92 Å². The second kappa shape index (κ2) is 6.51. The molecule has 7 nitrogen and oxygen atoms in total. The molecule has 24 heavy (non-hydrogen) atoms. The van der Waals surface area contributed by atoms with Gasteiger partial charge in [-0.1, -0.05) is 6.92 Å². The van der Waals surface area contributed by atoms with Crippen LogP contribution in [0.25, 0.3) is 0 Å². The minimum absolute atomic E-state index is 0.0581. The summed E-state index contributed by atoms with van der Waals surface area (Å²) in [6, 6.07) is 0. The fraction of sp³-hybridized carbons (Fsp3) is 0.625. The first-order chi connectivity index (χ1) is 11.8. The summed E-state index contributed by atoms with van der Waals surface area (Å²) in [7, 11) is 0. The molecule has 0 radical (unpaired) electrons. The lowest BCUT2D eigenvalue weighted by atomic mass is 9.96. The Bertz CT molecular complexity index is 712. The van der Waals surface area contributed by atoms with Gasteiger partial charge in [-0.05, 0) is 12.8 Å². The third-order valence-electron chi connectivity index (χ3n) is 4.92. The number of amides is 1. The topological polar surface area (TPSA) is 67.2 Å². The van der Waals surface area contributed by atoms with Crippen molar-refractivity contribution in [1.29, 1.82) is 0 Å². The predicted molar refractivity (Wildman–Crippen MR) is 91.9 cm³/mol. The van der Waals surface area contributed by atoms with E-state index >= 15 is 0 Å². The molecule has 0 N–H and O–H groups in total. The molecule has 1 atom stereocenters. The molecule has 0 saturated carbocycles. The van der Waals surface area contributed by atoms with Crippen molar-refractivity contribution in [2.24, 2.45) is 5.92 Å². The number of hydrogen-bond acceptors (Lipinski definition) is 6. The number of aromatic nitrogens is 4. The van der Waals surface area contributed by atoms with Gasteiger partial charge in [-0.3, -0.25) is 4.79 Å². The first-order valence-electron chi connectivity index (χ1n) is 8.60. The first kappa shape index (κ1) is 15.6. The second-order valence-electron chi connectivity index (χ2n) is 6.40. The molecular formula is C16H22N6OS. The molecular weight excluding hydrogens is 324 g/mol. The van der Waals surface area contributed by atoms with Gasteiger partial charge in [-0.15, -0.1) is 21.5 Å². The van der Waals surface area contributed by atoms with Gasteiger partial charge in [0.2, 0.25) is 5.91 Å². The highest BCUT2D eigenvalue weighted by Crippen LogP contribution is 2.27. The van der Waals surface area contributed by atoms with Crippen LogP contribution in [0.15, 0.2) is 11.6 Å². The number of hydrogen-bond donors (Lipinski definition) is 0. The van der Waals surface area contributed by atoms with E-state index in [0.717, 1.165) is 62.2 Å². The molecule has 4 heterocycles. The second-order valence-corrected chi connectivity index (χ2v) is 7.27. The zero-order valence-corrected chi connectivity index (χ0v) is 14.7. The lowest BCUT2D eigenvalue weighted by Crippen LogP contribution is -2.47. The standard InChI is InChI=1S/C16H22N6OS/c1-2-13-18-19-14-11-20(7-8-22(13)14)15(23)12-4-3-6-21(10-12)16-17-5-9-24-16/h5,9,12H,2-4,6-8,10-11H2,1H3. The highest BCUT2D eigenvalue weighted by atomic mass is 32.1. The normalized spacial score (nSPS) is 21.0. The van der Waals surface area contributed by atoms with Crippen LogP contribution >= 0.6 is 11.3 Å². The highest BCUT2D eigenvalue weighted by Gasteiger charge is 2.32. The Morgan fingerprint density at radius 2 is 2.25 bits per heavy atom. The molecule has 2 aliphatic rings. The van der Waals surface area contributed by atoms with Crippen molar-refractivity contribution in [3.63, 3.8) is 0 Å². The summed E-state index contributed by atoms with van der Waals surface area (Å²) in [6.07, 6.45) is 4.71. The van der Waals surface area contributed by atoms with Gasteiger partial charge < -0.3 is 14.4 Å². The van der Waals surface area contributed by atoms with Gasteiger partial charge >= 0.3 is 0 Å². The maximum absolute atomic E-state index is 13.0. The maximum Gasteiger partial charge on any atom is 0.227 e. The van der Waals surface area contributed by atoms with E-state index in [1.165, 1.54) is 0 Å². The Morgan fingerprint density at radius 3 is 3.04 bits per heavy atom. The van der Waals surface area contributed by atoms with Crippen molar-refractivity contribution in [2.45, 2.75) is 39.3 Å². The molecule has 0 bridgehead atoms. The fourth-order valence-electron chi connectivity index (χ4n) is 3.65. The summed E-state index contributed by atoms with van der Waals surface area (Å²) in [5, 5.41) is 11.5. The van der Waals surface area contributed by atoms with Crippen molar-refractivity contribution >= 4 is 22.4 Å². The van der Waals surface area contributed by atoms with Crippen LogP contribution < -0.4 is 4.90 Å². The number of nitrogens with zero attached hydrogens (tertiary/aromatic N) is 6. The van der Waals surface area contributed by atoms with Crippen LogP contribution in [0.1, 0.15) is 31.4 Å². The zero-order chi connectivity index (χ0) is 16.5. The lowest BCUT2D eigenvalue weighted by Gasteiger charge is -2.36.